The maximum atomic E-state index is 12.0. The number of allylic oxidation sites excluding steroid dienone is 2. The zero-order valence-electron chi connectivity index (χ0n) is 15.6. The first-order valence-corrected chi connectivity index (χ1v) is 10.6. The lowest BCUT2D eigenvalue weighted by molar-refractivity contribution is -0.129. The first kappa shape index (κ1) is 15.2. The molecule has 1 aliphatic heterocycles. The summed E-state index contributed by atoms with van der Waals surface area (Å²) in [5.41, 5.74) is 3.67. The van der Waals surface area contributed by atoms with Crippen molar-refractivity contribution in [3.05, 3.63) is 23.3 Å². The number of carbonyl (C=O) groups excluding carboxylic acids is 1. The Hall–Kier alpha value is -0.890. The van der Waals surface area contributed by atoms with Crippen LogP contribution in [0.4, 0.5) is 0 Å². The summed E-state index contributed by atoms with van der Waals surface area (Å²) >= 11 is 0. The molecule has 3 fully saturated rings. The van der Waals surface area contributed by atoms with Crippen molar-refractivity contribution >= 4 is 5.78 Å². The van der Waals surface area contributed by atoms with E-state index in [1.165, 1.54) is 25.7 Å². The molecule has 1 spiro atoms. The molecule has 5 aliphatic carbocycles. The van der Waals surface area contributed by atoms with Gasteiger partial charge in [0.2, 0.25) is 0 Å². The SMILES string of the molecule is CC1CC2=C(CCC(=O)C2)C2CC[C@@]3(C)C(C4CC4[C@@]34C=CCO4)C12. The van der Waals surface area contributed by atoms with Crippen molar-refractivity contribution in [3.63, 3.8) is 0 Å². The average Bonchev–Trinajstić information content (AvgIpc) is 3.15. The van der Waals surface area contributed by atoms with Crippen LogP contribution in [0.3, 0.4) is 0 Å². The highest BCUT2D eigenvalue weighted by atomic mass is 16.5. The Kier molecular flexibility index (Phi) is 2.85. The van der Waals surface area contributed by atoms with Crippen LogP contribution in [0.5, 0.6) is 0 Å². The van der Waals surface area contributed by atoms with Crippen molar-refractivity contribution in [2.24, 2.45) is 40.9 Å². The van der Waals surface area contributed by atoms with Gasteiger partial charge >= 0.3 is 0 Å². The second-order valence-corrected chi connectivity index (χ2v) is 10.2. The highest BCUT2D eigenvalue weighted by molar-refractivity contribution is 5.82. The molecule has 1 heterocycles. The van der Waals surface area contributed by atoms with Crippen molar-refractivity contribution in [1.82, 2.24) is 0 Å². The molecular formula is C23H30O2. The van der Waals surface area contributed by atoms with Crippen LogP contribution in [0.15, 0.2) is 23.3 Å². The van der Waals surface area contributed by atoms with Gasteiger partial charge in [0.15, 0.2) is 0 Å². The minimum absolute atomic E-state index is 0.0597. The smallest absolute Gasteiger partial charge is 0.137 e. The third-order valence-corrected chi connectivity index (χ3v) is 9.33. The molecule has 134 valence electrons. The van der Waals surface area contributed by atoms with E-state index in [0.29, 0.717) is 11.2 Å². The molecule has 0 bridgehead atoms. The normalized spacial score (nSPS) is 55.8. The van der Waals surface area contributed by atoms with E-state index >= 15 is 0 Å². The van der Waals surface area contributed by atoms with Gasteiger partial charge in [0, 0.05) is 18.3 Å². The Morgan fingerprint density at radius 2 is 2.16 bits per heavy atom. The van der Waals surface area contributed by atoms with E-state index in [0.717, 1.165) is 61.4 Å². The Morgan fingerprint density at radius 3 is 2.96 bits per heavy atom. The quantitative estimate of drug-likeness (QED) is 0.599. The van der Waals surface area contributed by atoms with E-state index in [-0.39, 0.29) is 5.60 Å². The second kappa shape index (κ2) is 4.68. The van der Waals surface area contributed by atoms with E-state index in [9.17, 15) is 4.79 Å². The minimum Gasteiger partial charge on any atom is -0.366 e. The maximum absolute atomic E-state index is 12.0. The van der Waals surface area contributed by atoms with Gasteiger partial charge in [-0.25, -0.2) is 0 Å². The van der Waals surface area contributed by atoms with Crippen LogP contribution in [0.2, 0.25) is 0 Å². The van der Waals surface area contributed by atoms with E-state index in [2.05, 4.69) is 26.0 Å². The summed E-state index contributed by atoms with van der Waals surface area (Å²) < 4.78 is 6.50. The van der Waals surface area contributed by atoms with Crippen LogP contribution in [-0.2, 0) is 9.53 Å². The van der Waals surface area contributed by atoms with E-state index in [4.69, 9.17) is 4.74 Å². The Bertz CT molecular complexity index is 718. The van der Waals surface area contributed by atoms with Crippen LogP contribution in [0.25, 0.3) is 0 Å². The molecule has 0 aromatic carbocycles. The molecule has 0 N–H and O–H groups in total. The molecule has 0 radical (unpaired) electrons. The van der Waals surface area contributed by atoms with Crippen LogP contribution >= 0.6 is 0 Å². The van der Waals surface area contributed by atoms with Crippen molar-refractivity contribution < 1.29 is 9.53 Å². The summed E-state index contributed by atoms with van der Waals surface area (Å²) in [7, 11) is 0. The Morgan fingerprint density at radius 1 is 1.28 bits per heavy atom. The number of hydrogen-bond donors (Lipinski definition) is 0. The highest BCUT2D eigenvalue weighted by Crippen LogP contribution is 2.77. The number of fused-ring (bicyclic) bond motifs is 8. The van der Waals surface area contributed by atoms with Crippen molar-refractivity contribution in [1.29, 1.82) is 0 Å². The number of carbonyl (C=O) groups is 1. The first-order valence-electron chi connectivity index (χ1n) is 10.6. The first-order chi connectivity index (χ1) is 12.1. The predicted octanol–water partition coefficient (Wildman–Crippen LogP) is 4.70. The monoisotopic (exact) mass is 338 g/mol. The number of Topliss-reactive ketones (excluding diaryl/α,β-unsaturated/α-hetero) is 1. The molecule has 0 saturated heterocycles. The molecule has 0 amide bonds. The lowest BCUT2D eigenvalue weighted by atomic mass is 9.48. The number of ketones is 1. The lowest BCUT2D eigenvalue weighted by Gasteiger charge is -2.57. The second-order valence-electron chi connectivity index (χ2n) is 10.2. The minimum atomic E-state index is 0.0597. The van der Waals surface area contributed by atoms with Gasteiger partial charge in [-0.1, -0.05) is 37.1 Å². The molecule has 2 nitrogen and oxygen atoms in total. The van der Waals surface area contributed by atoms with Crippen molar-refractivity contribution in [2.45, 2.75) is 64.4 Å². The Labute approximate surface area is 151 Å². The van der Waals surface area contributed by atoms with Crippen molar-refractivity contribution in [2.75, 3.05) is 6.61 Å². The number of ether oxygens (including phenoxy) is 1. The van der Waals surface area contributed by atoms with Crippen LogP contribution in [-0.4, -0.2) is 18.0 Å². The molecule has 6 rings (SSSR count). The van der Waals surface area contributed by atoms with Gasteiger partial charge in [-0.05, 0) is 67.6 Å². The summed E-state index contributed by atoms with van der Waals surface area (Å²) in [4.78, 5) is 12.0. The largest absolute Gasteiger partial charge is 0.366 e. The number of rotatable bonds is 0. The summed E-state index contributed by atoms with van der Waals surface area (Å²) in [6.07, 6.45) is 12.6. The summed E-state index contributed by atoms with van der Waals surface area (Å²) in [6, 6.07) is 0. The molecule has 6 aliphatic rings. The molecule has 8 atom stereocenters. The van der Waals surface area contributed by atoms with Gasteiger partial charge in [0.25, 0.3) is 0 Å². The van der Waals surface area contributed by atoms with E-state index in [1.54, 1.807) is 11.1 Å². The zero-order valence-corrected chi connectivity index (χ0v) is 15.6. The van der Waals surface area contributed by atoms with Gasteiger partial charge in [0.05, 0.1) is 12.2 Å². The molecule has 0 aromatic heterocycles. The lowest BCUT2D eigenvalue weighted by Crippen LogP contribution is -2.55. The molecule has 3 saturated carbocycles. The number of hydrogen-bond acceptors (Lipinski definition) is 2. The standard InChI is InChI=1S/C23H30O2/c1-13-10-14-11-15(24)4-5-16(14)17-6-8-22(2)21(20(13)17)18-12-19(18)23(22)7-3-9-25-23/h3,7,13,17-21H,4-6,8-12H2,1-2H3/t13?,17?,18?,19?,20?,21?,22-,23-/m0/s1. The van der Waals surface area contributed by atoms with Crippen LogP contribution < -0.4 is 0 Å². The predicted molar refractivity (Wildman–Crippen MR) is 96.9 cm³/mol. The fraction of sp³-hybridized carbons (Fsp3) is 0.783. The molecule has 2 heteroatoms. The molecule has 0 aromatic rings. The van der Waals surface area contributed by atoms with Gasteiger partial charge in [-0.3, -0.25) is 4.79 Å². The highest BCUT2D eigenvalue weighted by Gasteiger charge is 2.76. The third kappa shape index (κ3) is 1.69. The summed E-state index contributed by atoms with van der Waals surface area (Å²) in [5, 5.41) is 0. The van der Waals surface area contributed by atoms with E-state index < -0.39 is 0 Å². The molecule has 6 unspecified atom stereocenters. The Balaban J connectivity index is 1.43. The zero-order chi connectivity index (χ0) is 17.0. The van der Waals surface area contributed by atoms with Gasteiger partial charge in [0.1, 0.15) is 5.78 Å². The maximum Gasteiger partial charge on any atom is 0.137 e. The van der Waals surface area contributed by atoms with E-state index in [1.807, 2.05) is 0 Å². The third-order valence-electron chi connectivity index (χ3n) is 9.33. The van der Waals surface area contributed by atoms with Gasteiger partial charge in [-0.15, -0.1) is 0 Å². The average molecular weight is 338 g/mol. The van der Waals surface area contributed by atoms with Gasteiger partial charge < -0.3 is 4.74 Å². The fourth-order valence-corrected chi connectivity index (χ4v) is 8.50. The molecular weight excluding hydrogens is 308 g/mol. The van der Waals surface area contributed by atoms with Crippen LogP contribution in [0, 0.1) is 40.9 Å². The van der Waals surface area contributed by atoms with Crippen molar-refractivity contribution in [3.8, 4) is 0 Å². The summed E-state index contributed by atoms with van der Waals surface area (Å²) in [5.74, 6) is 5.34. The summed E-state index contributed by atoms with van der Waals surface area (Å²) in [6.45, 7) is 5.88. The van der Waals surface area contributed by atoms with Gasteiger partial charge in [-0.2, -0.15) is 0 Å². The topological polar surface area (TPSA) is 26.3 Å². The van der Waals surface area contributed by atoms with Crippen LogP contribution in [0.1, 0.15) is 58.8 Å². The fourth-order valence-electron chi connectivity index (χ4n) is 8.50. The molecule has 25 heavy (non-hydrogen) atoms.